The van der Waals surface area contributed by atoms with Crippen LogP contribution >= 0.6 is 11.6 Å². The van der Waals surface area contributed by atoms with Crippen LogP contribution < -0.4 is 5.56 Å². The minimum absolute atomic E-state index is 0.122. The van der Waals surface area contributed by atoms with Gasteiger partial charge in [-0.15, -0.1) is 0 Å². The summed E-state index contributed by atoms with van der Waals surface area (Å²) >= 11 is 5.60. The zero-order chi connectivity index (χ0) is 10.6. The average Bonchev–Trinajstić information content (AvgIpc) is 2.10. The molecule has 0 aliphatic rings. The lowest BCUT2D eigenvalue weighted by Gasteiger charge is -1.99. The molecule has 76 valence electrons. The molecule has 4 nitrogen and oxygen atoms in total. The predicted molar refractivity (Wildman–Crippen MR) is 52.6 cm³/mol. The Balaban J connectivity index is 2.56. The van der Waals surface area contributed by atoms with E-state index in [9.17, 15) is 9.59 Å². The van der Waals surface area contributed by atoms with Gasteiger partial charge in [-0.25, -0.2) is 0 Å². The standard InChI is InChI=1S/C9H10ClNO3/c10-7-4-6(5-11-9(7)14)2-1-3-8(12)13/h4-5H,1-3H2,(H,11,14)(H,12,13). The highest BCUT2D eigenvalue weighted by atomic mass is 35.5. The van der Waals surface area contributed by atoms with E-state index >= 15 is 0 Å². The van der Waals surface area contributed by atoms with Gasteiger partial charge in [-0.3, -0.25) is 9.59 Å². The van der Waals surface area contributed by atoms with Gasteiger partial charge in [-0.05, 0) is 24.5 Å². The number of carbonyl (C=O) groups is 1. The molecular formula is C9H10ClNO3. The van der Waals surface area contributed by atoms with Gasteiger partial charge in [0.2, 0.25) is 0 Å². The highest BCUT2D eigenvalue weighted by Crippen LogP contribution is 2.07. The summed E-state index contributed by atoms with van der Waals surface area (Å²) < 4.78 is 0. The largest absolute Gasteiger partial charge is 0.481 e. The average molecular weight is 216 g/mol. The normalized spacial score (nSPS) is 10.1. The van der Waals surface area contributed by atoms with Crippen LogP contribution in [0.1, 0.15) is 18.4 Å². The Morgan fingerprint density at radius 3 is 2.86 bits per heavy atom. The molecule has 0 saturated carbocycles. The quantitative estimate of drug-likeness (QED) is 0.799. The smallest absolute Gasteiger partial charge is 0.303 e. The van der Waals surface area contributed by atoms with Crippen molar-refractivity contribution >= 4 is 17.6 Å². The van der Waals surface area contributed by atoms with E-state index in [-0.39, 0.29) is 17.0 Å². The Labute approximate surface area is 85.5 Å². The van der Waals surface area contributed by atoms with Crippen molar-refractivity contribution in [3.63, 3.8) is 0 Å². The van der Waals surface area contributed by atoms with Crippen LogP contribution in [-0.4, -0.2) is 16.1 Å². The number of H-pyrrole nitrogens is 1. The third-order valence-corrected chi connectivity index (χ3v) is 2.05. The molecule has 2 N–H and O–H groups in total. The number of hydrogen-bond acceptors (Lipinski definition) is 2. The van der Waals surface area contributed by atoms with E-state index in [1.807, 2.05) is 0 Å². The lowest BCUT2D eigenvalue weighted by molar-refractivity contribution is -0.137. The molecule has 0 fully saturated rings. The highest BCUT2D eigenvalue weighted by molar-refractivity contribution is 6.30. The lowest BCUT2D eigenvalue weighted by atomic mass is 10.1. The van der Waals surface area contributed by atoms with E-state index in [1.165, 1.54) is 0 Å². The molecule has 0 unspecified atom stereocenters. The Kier molecular flexibility index (Phi) is 3.71. The maximum absolute atomic E-state index is 10.9. The Morgan fingerprint density at radius 2 is 2.29 bits per heavy atom. The lowest BCUT2D eigenvalue weighted by Crippen LogP contribution is -2.06. The fraction of sp³-hybridized carbons (Fsp3) is 0.333. The third-order valence-electron chi connectivity index (χ3n) is 1.77. The number of rotatable bonds is 4. The SMILES string of the molecule is O=C(O)CCCc1c[nH]c(=O)c(Cl)c1. The molecule has 1 heterocycles. The van der Waals surface area contributed by atoms with Gasteiger partial charge in [0, 0.05) is 12.6 Å². The van der Waals surface area contributed by atoms with Crippen LogP contribution in [0.5, 0.6) is 0 Å². The second-order valence-corrected chi connectivity index (χ2v) is 3.34. The fourth-order valence-electron chi connectivity index (χ4n) is 1.09. The van der Waals surface area contributed by atoms with E-state index in [4.69, 9.17) is 16.7 Å². The molecule has 14 heavy (non-hydrogen) atoms. The number of aliphatic carboxylic acids is 1. The van der Waals surface area contributed by atoms with E-state index in [0.29, 0.717) is 12.8 Å². The van der Waals surface area contributed by atoms with Crippen molar-refractivity contribution in [3.8, 4) is 0 Å². The number of carboxylic acids is 1. The van der Waals surface area contributed by atoms with Crippen molar-refractivity contribution in [1.82, 2.24) is 4.98 Å². The molecule has 0 aromatic carbocycles. The van der Waals surface area contributed by atoms with Gasteiger partial charge in [0.25, 0.3) is 5.56 Å². The Morgan fingerprint density at radius 1 is 1.57 bits per heavy atom. The highest BCUT2D eigenvalue weighted by Gasteiger charge is 2.00. The van der Waals surface area contributed by atoms with Gasteiger partial charge in [0.05, 0.1) is 0 Å². The molecule has 1 aromatic rings. The van der Waals surface area contributed by atoms with Crippen molar-refractivity contribution < 1.29 is 9.90 Å². The van der Waals surface area contributed by atoms with Gasteiger partial charge in [0.15, 0.2) is 0 Å². The molecular weight excluding hydrogens is 206 g/mol. The zero-order valence-electron chi connectivity index (χ0n) is 7.42. The topological polar surface area (TPSA) is 70.2 Å². The van der Waals surface area contributed by atoms with E-state index < -0.39 is 5.97 Å². The second kappa shape index (κ2) is 4.81. The molecule has 0 radical (unpaired) electrons. The van der Waals surface area contributed by atoms with Gasteiger partial charge < -0.3 is 10.1 Å². The number of halogens is 1. The fourth-order valence-corrected chi connectivity index (χ4v) is 1.28. The Bertz CT molecular complexity index is 386. The zero-order valence-corrected chi connectivity index (χ0v) is 8.17. The first-order valence-corrected chi connectivity index (χ1v) is 4.56. The van der Waals surface area contributed by atoms with Crippen LogP contribution in [-0.2, 0) is 11.2 Å². The van der Waals surface area contributed by atoms with Gasteiger partial charge in [0.1, 0.15) is 5.02 Å². The Hall–Kier alpha value is -1.29. The number of aryl methyl sites for hydroxylation is 1. The molecule has 0 aliphatic carbocycles. The first kappa shape index (κ1) is 10.8. The number of aromatic amines is 1. The van der Waals surface area contributed by atoms with Gasteiger partial charge in [-0.1, -0.05) is 11.6 Å². The van der Waals surface area contributed by atoms with Crippen LogP contribution in [0.4, 0.5) is 0 Å². The van der Waals surface area contributed by atoms with E-state index in [0.717, 1.165) is 5.56 Å². The molecule has 0 atom stereocenters. The van der Waals surface area contributed by atoms with Crippen molar-refractivity contribution in [1.29, 1.82) is 0 Å². The molecule has 0 bridgehead atoms. The van der Waals surface area contributed by atoms with Crippen molar-refractivity contribution in [3.05, 3.63) is 33.2 Å². The van der Waals surface area contributed by atoms with Crippen LogP contribution in [0.2, 0.25) is 5.02 Å². The summed E-state index contributed by atoms with van der Waals surface area (Å²) in [6, 6.07) is 1.56. The summed E-state index contributed by atoms with van der Waals surface area (Å²) in [4.78, 5) is 23.6. The monoisotopic (exact) mass is 215 g/mol. The maximum atomic E-state index is 10.9. The minimum Gasteiger partial charge on any atom is -0.481 e. The number of nitrogens with one attached hydrogen (secondary N) is 1. The number of carboxylic acid groups (broad SMARTS) is 1. The molecule has 1 rings (SSSR count). The molecule has 0 spiro atoms. The van der Waals surface area contributed by atoms with Crippen molar-refractivity contribution in [2.75, 3.05) is 0 Å². The van der Waals surface area contributed by atoms with Crippen molar-refractivity contribution in [2.45, 2.75) is 19.3 Å². The van der Waals surface area contributed by atoms with Crippen LogP contribution in [0.3, 0.4) is 0 Å². The maximum Gasteiger partial charge on any atom is 0.303 e. The van der Waals surface area contributed by atoms with Gasteiger partial charge in [-0.2, -0.15) is 0 Å². The van der Waals surface area contributed by atoms with Crippen molar-refractivity contribution in [2.24, 2.45) is 0 Å². The first-order valence-electron chi connectivity index (χ1n) is 4.18. The number of aromatic nitrogens is 1. The molecule has 0 aliphatic heterocycles. The number of hydrogen-bond donors (Lipinski definition) is 2. The summed E-state index contributed by atoms with van der Waals surface area (Å²) in [5, 5.41) is 8.54. The summed E-state index contributed by atoms with van der Waals surface area (Å²) in [7, 11) is 0. The van der Waals surface area contributed by atoms with Crippen LogP contribution in [0.25, 0.3) is 0 Å². The van der Waals surface area contributed by atoms with E-state index in [1.54, 1.807) is 12.3 Å². The number of pyridine rings is 1. The molecule has 1 aromatic heterocycles. The molecule has 0 amide bonds. The summed E-state index contributed by atoms with van der Waals surface area (Å²) in [6.45, 7) is 0. The van der Waals surface area contributed by atoms with Gasteiger partial charge >= 0.3 is 5.97 Å². The second-order valence-electron chi connectivity index (χ2n) is 2.93. The van der Waals surface area contributed by atoms with E-state index in [2.05, 4.69) is 4.98 Å². The molecule has 0 saturated heterocycles. The third kappa shape index (κ3) is 3.22. The minimum atomic E-state index is -0.819. The predicted octanol–water partition coefficient (Wildman–Crippen LogP) is 1.44. The first-order chi connectivity index (χ1) is 6.59. The summed E-state index contributed by atoms with van der Waals surface area (Å²) in [5.74, 6) is -0.819. The summed E-state index contributed by atoms with van der Waals surface area (Å²) in [5.41, 5.74) is 0.518. The summed E-state index contributed by atoms with van der Waals surface area (Å²) in [6.07, 6.45) is 2.81. The molecule has 5 heteroatoms. The van der Waals surface area contributed by atoms with Crippen LogP contribution in [0.15, 0.2) is 17.1 Å². The van der Waals surface area contributed by atoms with Crippen LogP contribution in [0, 0.1) is 0 Å².